The van der Waals surface area contributed by atoms with Gasteiger partial charge in [-0.3, -0.25) is 0 Å². The number of alkyl halides is 3. The lowest BCUT2D eigenvalue weighted by molar-refractivity contribution is -0.126. The molecule has 1 saturated heterocycles. The van der Waals surface area contributed by atoms with E-state index in [2.05, 4.69) is 14.9 Å². The van der Waals surface area contributed by atoms with Gasteiger partial charge in [0.25, 0.3) is 0 Å². The average Bonchev–Trinajstić information content (AvgIpc) is 2.91. The lowest BCUT2D eigenvalue weighted by Crippen LogP contribution is -2.26. The van der Waals surface area contributed by atoms with E-state index in [0.717, 1.165) is 55.3 Å². The smallest absolute Gasteiger partial charge is 0.393 e. The highest BCUT2D eigenvalue weighted by Gasteiger charge is 2.29. The number of ether oxygens (including phenoxy) is 1. The Bertz CT molecular complexity index is 929. The topological polar surface area (TPSA) is 38.2 Å². The van der Waals surface area contributed by atoms with E-state index in [1.54, 1.807) is 6.07 Å². The number of para-hydroxylation sites is 1. The molecule has 0 spiro atoms. The summed E-state index contributed by atoms with van der Waals surface area (Å²) in [5.74, 6) is 1.58. The second-order valence-electron chi connectivity index (χ2n) is 6.89. The number of benzene rings is 1. The van der Waals surface area contributed by atoms with Crippen molar-refractivity contribution in [1.29, 1.82) is 0 Å². The minimum atomic E-state index is -4.22. The first kappa shape index (κ1) is 19.0. The van der Waals surface area contributed by atoms with Crippen molar-refractivity contribution < 1.29 is 17.9 Å². The molecule has 0 amide bonds. The number of hydrogen-bond donors (Lipinski definition) is 0. The van der Waals surface area contributed by atoms with Crippen molar-refractivity contribution in [2.45, 2.75) is 38.0 Å². The van der Waals surface area contributed by atoms with Gasteiger partial charge in [0.1, 0.15) is 28.8 Å². The molecule has 0 N–H and O–H groups in total. The summed E-state index contributed by atoms with van der Waals surface area (Å²) in [6.07, 6.45) is -0.896. The summed E-state index contributed by atoms with van der Waals surface area (Å²) in [5, 5.41) is 0.703. The van der Waals surface area contributed by atoms with Gasteiger partial charge < -0.3 is 9.64 Å². The third kappa shape index (κ3) is 4.55. The van der Waals surface area contributed by atoms with E-state index in [4.69, 9.17) is 4.74 Å². The molecule has 1 atom stereocenters. The van der Waals surface area contributed by atoms with Gasteiger partial charge in [-0.25, -0.2) is 9.97 Å². The van der Waals surface area contributed by atoms with Crippen LogP contribution in [0.3, 0.4) is 0 Å². The van der Waals surface area contributed by atoms with Crippen molar-refractivity contribution in [2.24, 2.45) is 0 Å². The van der Waals surface area contributed by atoms with Crippen LogP contribution in [-0.4, -0.2) is 35.3 Å². The predicted molar refractivity (Wildman–Crippen MR) is 104 cm³/mol. The van der Waals surface area contributed by atoms with Crippen LogP contribution in [0.1, 0.15) is 24.1 Å². The van der Waals surface area contributed by atoms with Gasteiger partial charge in [-0.1, -0.05) is 18.2 Å². The molecule has 4 rings (SSSR count). The first-order valence-electron chi connectivity index (χ1n) is 9.25. The van der Waals surface area contributed by atoms with Gasteiger partial charge in [-0.05, 0) is 31.0 Å². The van der Waals surface area contributed by atoms with Crippen LogP contribution in [0.2, 0.25) is 0 Å². The van der Waals surface area contributed by atoms with Crippen LogP contribution < -0.4 is 9.64 Å². The number of hydrogen-bond acceptors (Lipinski definition) is 5. The van der Waals surface area contributed by atoms with E-state index in [1.165, 1.54) is 6.33 Å². The van der Waals surface area contributed by atoms with Gasteiger partial charge in [-0.15, -0.1) is 11.3 Å². The lowest BCUT2D eigenvalue weighted by Gasteiger charge is -2.22. The standard InChI is InChI=1S/C20H20F3N3OS/c21-20(22,23)12-16-11-17-18(24-13-25-19(17)28-16)26-9-4-7-15(8-10-26)27-14-5-2-1-3-6-14/h1-3,5-6,11,13,15H,4,7-10,12H2. The van der Waals surface area contributed by atoms with E-state index in [1.807, 2.05) is 30.3 Å². The third-order valence-corrected chi connectivity index (χ3v) is 5.80. The molecule has 148 valence electrons. The SMILES string of the molecule is FC(F)(F)Cc1cc2c(N3CCCC(Oc4ccccc4)CC3)ncnc2s1. The van der Waals surface area contributed by atoms with Crippen molar-refractivity contribution in [1.82, 2.24) is 9.97 Å². The molecule has 1 fully saturated rings. The van der Waals surface area contributed by atoms with Gasteiger partial charge in [-0.2, -0.15) is 13.2 Å². The largest absolute Gasteiger partial charge is 0.490 e. The fraction of sp³-hybridized carbons (Fsp3) is 0.400. The molecule has 8 heteroatoms. The summed E-state index contributed by atoms with van der Waals surface area (Å²) in [4.78, 5) is 11.6. The maximum absolute atomic E-state index is 12.7. The van der Waals surface area contributed by atoms with Gasteiger partial charge in [0.2, 0.25) is 0 Å². The third-order valence-electron chi connectivity index (χ3n) is 4.75. The number of aromatic nitrogens is 2. The molecule has 3 heterocycles. The molecule has 0 saturated carbocycles. The summed E-state index contributed by atoms with van der Waals surface area (Å²) >= 11 is 1.09. The quantitative estimate of drug-likeness (QED) is 0.593. The second-order valence-corrected chi connectivity index (χ2v) is 8.01. The lowest BCUT2D eigenvalue weighted by atomic mass is 10.1. The van der Waals surface area contributed by atoms with Crippen LogP contribution in [0.5, 0.6) is 5.75 Å². The zero-order valence-corrected chi connectivity index (χ0v) is 16.0. The number of rotatable bonds is 4. The number of halogens is 3. The highest BCUT2D eigenvalue weighted by molar-refractivity contribution is 7.18. The van der Waals surface area contributed by atoms with Crippen LogP contribution in [0.25, 0.3) is 10.2 Å². The fourth-order valence-electron chi connectivity index (χ4n) is 3.52. The van der Waals surface area contributed by atoms with E-state index in [9.17, 15) is 13.2 Å². The first-order valence-corrected chi connectivity index (χ1v) is 10.1. The predicted octanol–water partition coefficient (Wildman–Crippen LogP) is 5.23. The zero-order valence-electron chi connectivity index (χ0n) is 15.2. The normalized spacial score (nSPS) is 18.2. The molecule has 2 aromatic heterocycles. The van der Waals surface area contributed by atoms with Gasteiger partial charge in [0.15, 0.2) is 0 Å². The highest BCUT2D eigenvalue weighted by atomic mass is 32.1. The van der Waals surface area contributed by atoms with E-state index < -0.39 is 12.6 Å². The van der Waals surface area contributed by atoms with Gasteiger partial charge in [0, 0.05) is 24.4 Å². The summed E-state index contributed by atoms with van der Waals surface area (Å²) < 4.78 is 44.3. The van der Waals surface area contributed by atoms with E-state index in [0.29, 0.717) is 10.2 Å². The second kappa shape index (κ2) is 7.95. The van der Waals surface area contributed by atoms with Crippen molar-refractivity contribution in [3.05, 3.63) is 47.6 Å². The molecule has 3 aromatic rings. The molecule has 28 heavy (non-hydrogen) atoms. The molecule has 0 aliphatic carbocycles. The Labute approximate surface area is 165 Å². The fourth-order valence-corrected chi connectivity index (χ4v) is 4.54. The zero-order chi connectivity index (χ0) is 19.6. The maximum Gasteiger partial charge on any atom is 0.393 e. The van der Waals surface area contributed by atoms with Crippen LogP contribution >= 0.6 is 11.3 Å². The van der Waals surface area contributed by atoms with E-state index in [-0.39, 0.29) is 11.0 Å². The van der Waals surface area contributed by atoms with Crippen LogP contribution in [0.4, 0.5) is 19.0 Å². The molecule has 1 aliphatic heterocycles. The Morgan fingerprint density at radius 2 is 1.93 bits per heavy atom. The minimum Gasteiger partial charge on any atom is -0.490 e. The summed E-state index contributed by atoms with van der Waals surface area (Å²) in [6.45, 7) is 1.54. The van der Waals surface area contributed by atoms with Crippen molar-refractivity contribution >= 4 is 27.4 Å². The summed E-state index contributed by atoms with van der Waals surface area (Å²) in [7, 11) is 0. The Morgan fingerprint density at radius 1 is 1.11 bits per heavy atom. The van der Waals surface area contributed by atoms with Crippen molar-refractivity contribution in [3.63, 3.8) is 0 Å². The van der Waals surface area contributed by atoms with Crippen molar-refractivity contribution in [3.8, 4) is 5.75 Å². The van der Waals surface area contributed by atoms with Crippen molar-refractivity contribution in [2.75, 3.05) is 18.0 Å². The summed E-state index contributed by atoms with van der Waals surface area (Å²) in [6, 6.07) is 11.3. The Morgan fingerprint density at radius 3 is 2.71 bits per heavy atom. The molecule has 1 aromatic carbocycles. The molecule has 0 radical (unpaired) electrons. The van der Waals surface area contributed by atoms with Gasteiger partial charge in [0.05, 0.1) is 11.8 Å². The van der Waals surface area contributed by atoms with Crippen LogP contribution in [0.15, 0.2) is 42.7 Å². The molecule has 1 aliphatic rings. The maximum atomic E-state index is 12.7. The number of anilines is 1. The highest BCUT2D eigenvalue weighted by Crippen LogP contribution is 2.34. The van der Waals surface area contributed by atoms with Crippen LogP contribution in [-0.2, 0) is 6.42 Å². The first-order chi connectivity index (χ1) is 13.5. The number of thiophene rings is 1. The Hall–Kier alpha value is -2.35. The Balaban J connectivity index is 1.50. The number of fused-ring (bicyclic) bond motifs is 1. The molecule has 0 bridgehead atoms. The minimum absolute atomic E-state index is 0.119. The Kier molecular flexibility index (Phi) is 5.39. The molecular formula is C20H20F3N3OS. The van der Waals surface area contributed by atoms with E-state index >= 15 is 0 Å². The average molecular weight is 407 g/mol. The number of nitrogens with zero attached hydrogens (tertiary/aromatic N) is 3. The summed E-state index contributed by atoms with van der Waals surface area (Å²) in [5.41, 5.74) is 0. The molecular weight excluding hydrogens is 387 g/mol. The monoisotopic (exact) mass is 407 g/mol. The molecule has 4 nitrogen and oxygen atoms in total. The molecule has 1 unspecified atom stereocenters. The van der Waals surface area contributed by atoms with Gasteiger partial charge >= 0.3 is 6.18 Å². The van der Waals surface area contributed by atoms with Crippen LogP contribution in [0, 0.1) is 0 Å².